The van der Waals surface area contributed by atoms with Crippen LogP contribution in [0.15, 0.2) is 48.5 Å². The highest BCUT2D eigenvalue weighted by atomic mass is 35.5. The first-order chi connectivity index (χ1) is 17.1. The Labute approximate surface area is 218 Å². The van der Waals surface area contributed by atoms with E-state index in [-0.39, 0.29) is 40.1 Å². The molecule has 0 atom stereocenters. The normalized spacial score (nSPS) is 10.8. The van der Waals surface area contributed by atoms with Crippen molar-refractivity contribution in [1.29, 1.82) is 0 Å². The average Bonchev–Trinajstić information content (AvgIpc) is 2.83. The molecule has 0 heterocycles. The minimum Gasteiger partial charge on any atom is -0.507 e. The SMILES string of the molecule is CN(C)CCCC(=O)c1ccc(-c2ccc(Cl)cc2Cl)cc1NC(=O)c1cc(O)c([C]=O)cc1[C]=O. The number of ketones is 1. The molecular formula is C27H22Cl2N2O5. The molecule has 184 valence electrons. The second-order valence-corrected chi connectivity index (χ2v) is 9.13. The third-order valence-corrected chi connectivity index (χ3v) is 5.97. The molecule has 36 heavy (non-hydrogen) atoms. The number of phenols is 1. The van der Waals surface area contributed by atoms with Crippen LogP contribution in [0.1, 0.15) is 44.7 Å². The van der Waals surface area contributed by atoms with E-state index in [1.165, 1.54) is 6.29 Å². The van der Waals surface area contributed by atoms with Crippen LogP contribution >= 0.6 is 23.2 Å². The van der Waals surface area contributed by atoms with Gasteiger partial charge in [-0.3, -0.25) is 19.2 Å². The van der Waals surface area contributed by atoms with Crippen LogP contribution in [0.3, 0.4) is 0 Å². The highest BCUT2D eigenvalue weighted by Crippen LogP contribution is 2.34. The van der Waals surface area contributed by atoms with E-state index in [9.17, 15) is 24.3 Å². The Morgan fingerprint density at radius 3 is 2.31 bits per heavy atom. The van der Waals surface area contributed by atoms with Crippen LogP contribution in [0.5, 0.6) is 5.75 Å². The summed E-state index contributed by atoms with van der Waals surface area (Å²) in [6.45, 7) is 0.712. The molecule has 9 heteroatoms. The maximum Gasteiger partial charge on any atom is 0.256 e. The summed E-state index contributed by atoms with van der Waals surface area (Å²) in [4.78, 5) is 50.5. The maximum atomic E-state index is 13.1. The summed E-state index contributed by atoms with van der Waals surface area (Å²) >= 11 is 12.4. The van der Waals surface area contributed by atoms with Crippen molar-refractivity contribution in [2.24, 2.45) is 0 Å². The molecule has 2 radical (unpaired) electrons. The van der Waals surface area contributed by atoms with Crippen molar-refractivity contribution in [3.63, 3.8) is 0 Å². The lowest BCUT2D eigenvalue weighted by atomic mass is 9.98. The number of nitrogens with zero attached hydrogens (tertiary/aromatic N) is 1. The number of hydrogen-bond acceptors (Lipinski definition) is 6. The molecule has 3 aromatic carbocycles. The Morgan fingerprint density at radius 2 is 1.67 bits per heavy atom. The van der Waals surface area contributed by atoms with Crippen molar-refractivity contribution < 1.29 is 24.3 Å². The van der Waals surface area contributed by atoms with Gasteiger partial charge in [0, 0.05) is 33.2 Å². The Hall–Kier alpha value is -3.52. The molecule has 0 aliphatic carbocycles. The van der Waals surface area contributed by atoms with Crippen LogP contribution in [-0.2, 0) is 9.59 Å². The van der Waals surface area contributed by atoms with E-state index in [1.54, 1.807) is 42.7 Å². The van der Waals surface area contributed by atoms with Crippen LogP contribution in [0.4, 0.5) is 5.69 Å². The molecule has 0 aromatic heterocycles. The Bertz CT molecular complexity index is 1340. The molecule has 0 spiro atoms. The molecule has 7 nitrogen and oxygen atoms in total. The zero-order valence-electron chi connectivity index (χ0n) is 19.5. The molecule has 0 saturated heterocycles. The minimum absolute atomic E-state index is 0.183. The first-order valence-corrected chi connectivity index (χ1v) is 11.6. The van der Waals surface area contributed by atoms with Crippen molar-refractivity contribution in [3.05, 3.63) is 80.8 Å². The molecular weight excluding hydrogens is 503 g/mol. The fourth-order valence-corrected chi connectivity index (χ4v) is 4.12. The fourth-order valence-electron chi connectivity index (χ4n) is 3.60. The van der Waals surface area contributed by atoms with E-state index in [1.807, 2.05) is 19.0 Å². The number of rotatable bonds is 10. The second kappa shape index (κ2) is 11.9. The van der Waals surface area contributed by atoms with Crippen molar-refractivity contribution in [2.75, 3.05) is 26.0 Å². The summed E-state index contributed by atoms with van der Waals surface area (Å²) in [5.41, 5.74) is 0.986. The molecule has 0 aliphatic rings. The third kappa shape index (κ3) is 6.37. The summed E-state index contributed by atoms with van der Waals surface area (Å²) in [7, 11) is 3.82. The number of halogens is 2. The van der Waals surface area contributed by atoms with Gasteiger partial charge in [0.25, 0.3) is 5.91 Å². The van der Waals surface area contributed by atoms with E-state index in [2.05, 4.69) is 5.32 Å². The summed E-state index contributed by atoms with van der Waals surface area (Å²) in [6.07, 6.45) is 3.95. The number of hydrogen-bond donors (Lipinski definition) is 2. The largest absolute Gasteiger partial charge is 0.507 e. The highest BCUT2D eigenvalue weighted by molar-refractivity contribution is 6.36. The lowest BCUT2D eigenvalue weighted by Gasteiger charge is -2.15. The number of phenolic OH excluding ortho intramolecular Hbond substituents is 1. The van der Waals surface area contributed by atoms with Gasteiger partial charge in [0.05, 0.1) is 16.8 Å². The Balaban J connectivity index is 2.04. The molecule has 0 saturated carbocycles. The second-order valence-electron chi connectivity index (χ2n) is 8.29. The minimum atomic E-state index is -0.775. The zero-order valence-corrected chi connectivity index (χ0v) is 21.0. The van der Waals surface area contributed by atoms with Gasteiger partial charge in [0.2, 0.25) is 12.6 Å². The van der Waals surface area contributed by atoms with E-state index in [4.69, 9.17) is 23.2 Å². The van der Waals surface area contributed by atoms with Gasteiger partial charge in [0.15, 0.2) is 5.78 Å². The quantitative estimate of drug-likeness (QED) is 0.359. The summed E-state index contributed by atoms with van der Waals surface area (Å²) in [5.74, 6) is -1.48. The van der Waals surface area contributed by atoms with Crippen LogP contribution in [0.25, 0.3) is 11.1 Å². The number of carbonyl (C=O) groups is 2. The number of Topliss-reactive ketones (excluding diaryl/α,β-unsaturated/α-hetero) is 1. The summed E-state index contributed by atoms with van der Waals surface area (Å²) in [6, 6.07) is 11.9. The standard InChI is InChI=1S/C27H22Cl2N2O5/c1-31(2)9-3-4-25(34)21-7-5-16(20-8-6-19(28)12-23(20)29)11-24(21)30-27(36)22-13-26(35)18(15-33)10-17(22)14-32/h5-8,10-13,35H,3-4,9H2,1-2H3,(H,30,36). The van der Waals surface area contributed by atoms with Gasteiger partial charge in [-0.05, 0) is 69.0 Å². The molecule has 0 unspecified atom stereocenters. The lowest BCUT2D eigenvalue weighted by molar-refractivity contribution is 0.0978. The fraction of sp³-hybridized carbons (Fsp3) is 0.185. The van der Waals surface area contributed by atoms with Gasteiger partial charge in [-0.2, -0.15) is 0 Å². The van der Waals surface area contributed by atoms with Gasteiger partial charge in [-0.15, -0.1) is 0 Å². The van der Waals surface area contributed by atoms with Crippen LogP contribution in [-0.4, -0.2) is 54.9 Å². The third-order valence-electron chi connectivity index (χ3n) is 5.42. The number of aromatic hydroxyl groups is 1. The van der Waals surface area contributed by atoms with Crippen molar-refractivity contribution in [2.45, 2.75) is 12.8 Å². The number of benzene rings is 3. The number of nitrogens with one attached hydrogen (secondary N) is 1. The van der Waals surface area contributed by atoms with Gasteiger partial charge in [-0.25, -0.2) is 0 Å². The van der Waals surface area contributed by atoms with Crippen molar-refractivity contribution in [3.8, 4) is 16.9 Å². The van der Waals surface area contributed by atoms with E-state index < -0.39 is 11.7 Å². The molecule has 0 aliphatic heterocycles. The average molecular weight is 525 g/mol. The molecule has 1 amide bonds. The van der Waals surface area contributed by atoms with Crippen LogP contribution in [0.2, 0.25) is 10.0 Å². The predicted octanol–water partition coefficient (Wildman–Crippen LogP) is 5.06. The lowest BCUT2D eigenvalue weighted by Crippen LogP contribution is -2.18. The van der Waals surface area contributed by atoms with Gasteiger partial charge in [-0.1, -0.05) is 35.3 Å². The zero-order chi connectivity index (χ0) is 26.4. The Kier molecular flexibility index (Phi) is 8.98. The van der Waals surface area contributed by atoms with Crippen molar-refractivity contribution in [1.82, 2.24) is 4.90 Å². The van der Waals surface area contributed by atoms with Crippen molar-refractivity contribution >= 4 is 53.2 Å². The monoisotopic (exact) mass is 524 g/mol. The maximum absolute atomic E-state index is 13.1. The predicted molar refractivity (Wildman–Crippen MR) is 140 cm³/mol. The Morgan fingerprint density at radius 1 is 0.944 bits per heavy atom. The van der Waals surface area contributed by atoms with E-state index in [0.29, 0.717) is 34.1 Å². The molecule has 0 bridgehead atoms. The first-order valence-electron chi connectivity index (χ1n) is 10.9. The van der Waals surface area contributed by atoms with E-state index in [0.717, 1.165) is 12.1 Å². The van der Waals surface area contributed by atoms with Crippen LogP contribution < -0.4 is 5.32 Å². The number of carbonyl (C=O) groups excluding carboxylic acids is 4. The number of amides is 1. The van der Waals surface area contributed by atoms with Gasteiger partial charge in [0.1, 0.15) is 5.75 Å². The van der Waals surface area contributed by atoms with E-state index >= 15 is 0 Å². The van der Waals surface area contributed by atoms with Gasteiger partial charge < -0.3 is 15.3 Å². The molecule has 3 rings (SSSR count). The molecule has 0 fully saturated rings. The van der Waals surface area contributed by atoms with Gasteiger partial charge >= 0.3 is 0 Å². The first kappa shape index (κ1) is 27.1. The smallest absolute Gasteiger partial charge is 0.256 e. The highest BCUT2D eigenvalue weighted by Gasteiger charge is 2.20. The number of anilines is 1. The summed E-state index contributed by atoms with van der Waals surface area (Å²) < 4.78 is 0. The van der Waals surface area contributed by atoms with Crippen LogP contribution in [0, 0.1) is 0 Å². The molecule has 2 N–H and O–H groups in total. The summed E-state index contributed by atoms with van der Waals surface area (Å²) in [5, 5.41) is 13.5. The topological polar surface area (TPSA) is 104 Å². The molecule has 3 aromatic rings.